The molecule has 2 atom stereocenters. The van der Waals surface area contributed by atoms with Crippen LogP contribution in [0, 0.1) is 0 Å². The Bertz CT molecular complexity index is 1190. The van der Waals surface area contributed by atoms with Crippen molar-refractivity contribution in [2.24, 2.45) is 0 Å². The topological polar surface area (TPSA) is 30.5 Å². The van der Waals surface area contributed by atoms with Crippen molar-refractivity contribution in [3.05, 3.63) is 114 Å². The molecule has 0 unspecified atom stereocenters. The van der Waals surface area contributed by atoms with Crippen molar-refractivity contribution in [3.8, 4) is 28.0 Å². The molecule has 0 bridgehead atoms. The van der Waals surface area contributed by atoms with E-state index in [9.17, 15) is 0 Å². The molecule has 1 N–H and O–H groups in total. The first-order valence-electron chi connectivity index (χ1n) is 12.0. The van der Waals surface area contributed by atoms with Gasteiger partial charge in [0.15, 0.2) is 0 Å². The molecule has 172 valence electrons. The standard InChI is InChI=1S/C31H31NO2/c1-33-29-9-5-8-28(20-29)26-12-10-23(11-13-26)22-34-31-21-32-19-18-30(31)27-16-14-25(15-17-27)24-6-3-2-4-7-24/h2-17,20,30-32H,18-19,21-22H2,1H3/t30-,31+/m1/s1. The van der Waals surface area contributed by atoms with Crippen LogP contribution in [0.2, 0.25) is 0 Å². The van der Waals surface area contributed by atoms with Gasteiger partial charge in [0.1, 0.15) is 5.75 Å². The summed E-state index contributed by atoms with van der Waals surface area (Å²) in [5, 5.41) is 3.51. The molecule has 34 heavy (non-hydrogen) atoms. The van der Waals surface area contributed by atoms with Gasteiger partial charge in [-0.1, -0.05) is 91.0 Å². The van der Waals surface area contributed by atoms with Gasteiger partial charge in [-0.25, -0.2) is 0 Å². The van der Waals surface area contributed by atoms with Crippen LogP contribution >= 0.6 is 0 Å². The summed E-state index contributed by atoms with van der Waals surface area (Å²) in [5.41, 5.74) is 7.40. The van der Waals surface area contributed by atoms with Crippen LogP contribution < -0.4 is 10.1 Å². The van der Waals surface area contributed by atoms with Gasteiger partial charge in [0, 0.05) is 12.5 Å². The number of rotatable bonds is 7. The van der Waals surface area contributed by atoms with Crippen molar-refractivity contribution in [1.82, 2.24) is 5.32 Å². The van der Waals surface area contributed by atoms with Gasteiger partial charge in [-0.3, -0.25) is 0 Å². The number of benzene rings is 4. The van der Waals surface area contributed by atoms with Gasteiger partial charge in [0.2, 0.25) is 0 Å². The number of methoxy groups -OCH3 is 1. The average Bonchev–Trinajstić information content (AvgIpc) is 2.93. The van der Waals surface area contributed by atoms with E-state index in [0.717, 1.165) is 30.8 Å². The summed E-state index contributed by atoms with van der Waals surface area (Å²) in [6.45, 7) is 2.52. The summed E-state index contributed by atoms with van der Waals surface area (Å²) < 4.78 is 11.8. The van der Waals surface area contributed by atoms with Gasteiger partial charge in [0.05, 0.1) is 19.8 Å². The highest BCUT2D eigenvalue weighted by Crippen LogP contribution is 2.31. The maximum Gasteiger partial charge on any atom is 0.119 e. The number of hydrogen-bond acceptors (Lipinski definition) is 3. The minimum absolute atomic E-state index is 0.161. The van der Waals surface area contributed by atoms with E-state index in [1.807, 2.05) is 12.1 Å². The summed E-state index contributed by atoms with van der Waals surface area (Å²) in [6, 6.07) is 36.4. The highest BCUT2D eigenvalue weighted by molar-refractivity contribution is 5.65. The van der Waals surface area contributed by atoms with Crippen molar-refractivity contribution in [1.29, 1.82) is 0 Å². The molecule has 1 aliphatic rings. The second kappa shape index (κ2) is 10.7. The number of ether oxygens (including phenoxy) is 2. The smallest absolute Gasteiger partial charge is 0.119 e. The number of piperidine rings is 1. The normalized spacial score (nSPS) is 17.9. The lowest BCUT2D eigenvalue weighted by atomic mass is 9.87. The van der Waals surface area contributed by atoms with E-state index >= 15 is 0 Å². The summed E-state index contributed by atoms with van der Waals surface area (Å²) in [6.07, 6.45) is 1.25. The Morgan fingerprint density at radius 2 is 1.41 bits per heavy atom. The van der Waals surface area contributed by atoms with E-state index in [-0.39, 0.29) is 6.10 Å². The molecule has 5 rings (SSSR count). The van der Waals surface area contributed by atoms with Gasteiger partial charge in [-0.05, 0) is 58.5 Å². The quantitative estimate of drug-likeness (QED) is 0.341. The van der Waals surface area contributed by atoms with E-state index in [2.05, 4.69) is 96.3 Å². The summed E-state index contributed by atoms with van der Waals surface area (Å²) >= 11 is 0. The fourth-order valence-electron chi connectivity index (χ4n) is 4.74. The molecule has 3 nitrogen and oxygen atoms in total. The van der Waals surface area contributed by atoms with Crippen LogP contribution in [0.1, 0.15) is 23.5 Å². The van der Waals surface area contributed by atoms with Gasteiger partial charge in [-0.2, -0.15) is 0 Å². The maximum atomic E-state index is 6.45. The average molecular weight is 450 g/mol. The first-order chi connectivity index (χ1) is 16.8. The van der Waals surface area contributed by atoms with Crippen LogP contribution in [0.4, 0.5) is 0 Å². The zero-order chi connectivity index (χ0) is 23.2. The largest absolute Gasteiger partial charge is 0.497 e. The SMILES string of the molecule is COc1cccc(-c2ccc(CO[C@H]3CNCC[C@@H]3c3ccc(-c4ccccc4)cc3)cc2)c1. The molecule has 0 radical (unpaired) electrons. The number of nitrogens with one attached hydrogen (secondary N) is 1. The van der Waals surface area contributed by atoms with Crippen molar-refractivity contribution in [2.45, 2.75) is 25.0 Å². The van der Waals surface area contributed by atoms with Gasteiger partial charge >= 0.3 is 0 Å². The Kier molecular flexibility index (Phi) is 7.04. The third-order valence-electron chi connectivity index (χ3n) is 6.69. The Hall–Kier alpha value is -3.40. The molecule has 1 heterocycles. The molecule has 4 aromatic carbocycles. The van der Waals surface area contributed by atoms with Crippen LogP contribution in [-0.2, 0) is 11.3 Å². The zero-order valence-corrected chi connectivity index (χ0v) is 19.6. The third-order valence-corrected chi connectivity index (χ3v) is 6.69. The fraction of sp³-hybridized carbons (Fsp3) is 0.226. The minimum atomic E-state index is 0.161. The molecule has 3 heteroatoms. The summed E-state index contributed by atoms with van der Waals surface area (Å²) in [5.74, 6) is 1.28. The van der Waals surface area contributed by atoms with Crippen LogP contribution in [0.15, 0.2) is 103 Å². The van der Waals surface area contributed by atoms with Gasteiger partial charge < -0.3 is 14.8 Å². The lowest BCUT2D eigenvalue weighted by Crippen LogP contribution is -2.40. The fourth-order valence-corrected chi connectivity index (χ4v) is 4.74. The zero-order valence-electron chi connectivity index (χ0n) is 19.6. The van der Waals surface area contributed by atoms with Crippen molar-refractivity contribution >= 4 is 0 Å². The molecule has 4 aromatic rings. The second-order valence-corrected chi connectivity index (χ2v) is 8.87. The minimum Gasteiger partial charge on any atom is -0.497 e. The van der Waals surface area contributed by atoms with Crippen molar-refractivity contribution < 1.29 is 9.47 Å². The van der Waals surface area contributed by atoms with E-state index in [0.29, 0.717) is 12.5 Å². The lowest BCUT2D eigenvalue weighted by Gasteiger charge is -2.32. The molecule has 0 spiro atoms. The Morgan fingerprint density at radius 1 is 0.735 bits per heavy atom. The van der Waals surface area contributed by atoms with Gasteiger partial charge in [0.25, 0.3) is 0 Å². The molecule has 0 amide bonds. The Morgan fingerprint density at radius 3 is 2.18 bits per heavy atom. The van der Waals surface area contributed by atoms with E-state index in [1.165, 1.54) is 27.8 Å². The van der Waals surface area contributed by atoms with Crippen molar-refractivity contribution in [2.75, 3.05) is 20.2 Å². The molecule has 1 fully saturated rings. The highest BCUT2D eigenvalue weighted by atomic mass is 16.5. The predicted octanol–water partition coefficient (Wildman–Crippen LogP) is 6.69. The van der Waals surface area contributed by atoms with E-state index < -0.39 is 0 Å². The lowest BCUT2D eigenvalue weighted by molar-refractivity contribution is 0.0106. The Labute approximate surface area is 202 Å². The van der Waals surface area contributed by atoms with Crippen LogP contribution in [0.25, 0.3) is 22.3 Å². The molecule has 0 saturated carbocycles. The molecule has 1 aliphatic heterocycles. The Balaban J connectivity index is 1.24. The summed E-state index contributed by atoms with van der Waals surface area (Å²) in [7, 11) is 1.70. The molecule has 0 aromatic heterocycles. The molecule has 1 saturated heterocycles. The van der Waals surface area contributed by atoms with Crippen LogP contribution in [0.3, 0.4) is 0 Å². The van der Waals surface area contributed by atoms with E-state index in [1.54, 1.807) is 7.11 Å². The first kappa shape index (κ1) is 22.4. The van der Waals surface area contributed by atoms with E-state index in [4.69, 9.17) is 9.47 Å². The molecular formula is C31H31NO2. The monoisotopic (exact) mass is 449 g/mol. The maximum absolute atomic E-state index is 6.45. The molecular weight excluding hydrogens is 418 g/mol. The highest BCUT2D eigenvalue weighted by Gasteiger charge is 2.27. The third kappa shape index (κ3) is 5.22. The summed E-state index contributed by atoms with van der Waals surface area (Å²) in [4.78, 5) is 0. The first-order valence-corrected chi connectivity index (χ1v) is 12.0. The molecule has 0 aliphatic carbocycles. The van der Waals surface area contributed by atoms with Crippen LogP contribution in [0.5, 0.6) is 5.75 Å². The predicted molar refractivity (Wildman–Crippen MR) is 139 cm³/mol. The van der Waals surface area contributed by atoms with Gasteiger partial charge in [-0.15, -0.1) is 0 Å². The van der Waals surface area contributed by atoms with Crippen LogP contribution in [-0.4, -0.2) is 26.3 Å². The number of hydrogen-bond donors (Lipinski definition) is 1. The van der Waals surface area contributed by atoms with Crippen molar-refractivity contribution in [3.63, 3.8) is 0 Å². The second-order valence-electron chi connectivity index (χ2n) is 8.87.